The number of carbonyl (C=O) groups excluding carboxylic acids is 2. The van der Waals surface area contributed by atoms with Crippen LogP contribution >= 0.6 is 0 Å². The van der Waals surface area contributed by atoms with Crippen molar-refractivity contribution < 1.29 is 9.59 Å². The van der Waals surface area contributed by atoms with E-state index in [0.29, 0.717) is 11.3 Å². The lowest BCUT2D eigenvalue weighted by molar-refractivity contribution is -0.125. The third kappa shape index (κ3) is 3.81. The van der Waals surface area contributed by atoms with E-state index in [4.69, 9.17) is 0 Å². The standard InChI is InChI=1S/C22H22N4O2/c27-21(17-11-7-8-12-17)23-24-22(28)19-15-26(18-13-5-2-6-14-18)25-20(19)16-9-3-1-4-10-16/h1-6,9-10,13-15,17H,7-8,11-12H2,(H,23,27)(H,24,28). The summed E-state index contributed by atoms with van der Waals surface area (Å²) in [6, 6.07) is 19.1. The van der Waals surface area contributed by atoms with Crippen LogP contribution in [0.25, 0.3) is 16.9 Å². The van der Waals surface area contributed by atoms with E-state index in [1.807, 2.05) is 60.7 Å². The largest absolute Gasteiger partial charge is 0.273 e. The van der Waals surface area contributed by atoms with Crippen molar-refractivity contribution in [2.24, 2.45) is 5.92 Å². The zero-order valence-electron chi connectivity index (χ0n) is 15.5. The van der Waals surface area contributed by atoms with Gasteiger partial charge in [0.1, 0.15) is 5.69 Å². The molecule has 2 amide bonds. The second-order valence-electron chi connectivity index (χ2n) is 6.96. The smallest absolute Gasteiger partial charge is 0.273 e. The van der Waals surface area contributed by atoms with E-state index >= 15 is 0 Å². The Bertz CT molecular complexity index is 961. The van der Waals surface area contributed by atoms with Crippen molar-refractivity contribution in [1.82, 2.24) is 20.6 Å². The molecule has 2 N–H and O–H groups in total. The maximum atomic E-state index is 12.8. The molecule has 0 atom stereocenters. The van der Waals surface area contributed by atoms with Gasteiger partial charge in [-0.15, -0.1) is 0 Å². The number of rotatable bonds is 4. The third-order valence-corrected chi connectivity index (χ3v) is 5.05. The second kappa shape index (κ2) is 8.08. The van der Waals surface area contributed by atoms with Crippen LogP contribution in [-0.2, 0) is 4.79 Å². The van der Waals surface area contributed by atoms with Crippen LogP contribution in [0.2, 0.25) is 0 Å². The number of benzene rings is 2. The van der Waals surface area contributed by atoms with Gasteiger partial charge >= 0.3 is 0 Å². The maximum Gasteiger partial charge on any atom is 0.273 e. The molecule has 0 spiro atoms. The van der Waals surface area contributed by atoms with Gasteiger partial charge in [-0.3, -0.25) is 20.4 Å². The summed E-state index contributed by atoms with van der Waals surface area (Å²) in [4.78, 5) is 25.0. The van der Waals surface area contributed by atoms with Crippen molar-refractivity contribution in [3.05, 3.63) is 72.4 Å². The summed E-state index contributed by atoms with van der Waals surface area (Å²) in [6.45, 7) is 0. The lowest BCUT2D eigenvalue weighted by Gasteiger charge is -2.11. The molecule has 1 heterocycles. The quantitative estimate of drug-likeness (QED) is 0.687. The lowest BCUT2D eigenvalue weighted by atomic mass is 10.1. The summed E-state index contributed by atoms with van der Waals surface area (Å²) < 4.78 is 1.68. The number of nitrogens with zero attached hydrogens (tertiary/aromatic N) is 2. The fourth-order valence-electron chi connectivity index (χ4n) is 3.54. The van der Waals surface area contributed by atoms with Crippen LogP contribution in [0.3, 0.4) is 0 Å². The molecule has 1 saturated carbocycles. The number of hydrogen-bond donors (Lipinski definition) is 2. The molecule has 4 rings (SSSR count). The van der Waals surface area contributed by atoms with Gasteiger partial charge in [0.2, 0.25) is 5.91 Å². The van der Waals surface area contributed by atoms with Crippen LogP contribution < -0.4 is 10.9 Å². The van der Waals surface area contributed by atoms with Gasteiger partial charge in [0.15, 0.2) is 0 Å². The topological polar surface area (TPSA) is 76.0 Å². The summed E-state index contributed by atoms with van der Waals surface area (Å²) in [6.07, 6.45) is 5.57. The van der Waals surface area contributed by atoms with Gasteiger partial charge in [-0.1, -0.05) is 61.4 Å². The van der Waals surface area contributed by atoms with E-state index in [-0.39, 0.29) is 17.7 Å². The number of carbonyl (C=O) groups is 2. The van der Waals surface area contributed by atoms with E-state index < -0.39 is 0 Å². The highest BCUT2D eigenvalue weighted by Crippen LogP contribution is 2.25. The van der Waals surface area contributed by atoms with E-state index in [2.05, 4.69) is 16.0 Å². The molecular weight excluding hydrogens is 352 g/mol. The highest BCUT2D eigenvalue weighted by Gasteiger charge is 2.24. The number of para-hydroxylation sites is 1. The van der Waals surface area contributed by atoms with E-state index in [9.17, 15) is 9.59 Å². The Kier molecular flexibility index (Phi) is 5.19. The van der Waals surface area contributed by atoms with Crippen LogP contribution in [-0.4, -0.2) is 21.6 Å². The highest BCUT2D eigenvalue weighted by molar-refractivity contribution is 6.00. The molecule has 0 bridgehead atoms. The van der Waals surface area contributed by atoms with Crippen molar-refractivity contribution in [3.8, 4) is 16.9 Å². The molecule has 28 heavy (non-hydrogen) atoms. The Balaban J connectivity index is 1.60. The Labute approximate surface area is 163 Å². The molecular formula is C22H22N4O2. The summed E-state index contributed by atoms with van der Waals surface area (Å²) in [5, 5.41) is 4.62. The molecule has 142 valence electrons. The molecule has 0 unspecified atom stereocenters. The average molecular weight is 374 g/mol. The first-order chi connectivity index (χ1) is 13.7. The van der Waals surface area contributed by atoms with E-state index in [1.54, 1.807) is 10.9 Å². The second-order valence-corrected chi connectivity index (χ2v) is 6.96. The summed E-state index contributed by atoms with van der Waals surface area (Å²) in [5.41, 5.74) is 7.80. The van der Waals surface area contributed by atoms with Crippen molar-refractivity contribution in [3.63, 3.8) is 0 Å². The Morgan fingerprint density at radius 2 is 1.54 bits per heavy atom. The van der Waals surface area contributed by atoms with Gasteiger partial charge < -0.3 is 0 Å². The Hall–Kier alpha value is -3.41. The highest BCUT2D eigenvalue weighted by atomic mass is 16.2. The van der Waals surface area contributed by atoms with Crippen LogP contribution in [0.1, 0.15) is 36.0 Å². The van der Waals surface area contributed by atoms with Gasteiger partial charge in [-0.05, 0) is 25.0 Å². The summed E-state index contributed by atoms with van der Waals surface area (Å²) >= 11 is 0. The minimum Gasteiger partial charge on any atom is -0.273 e. The lowest BCUT2D eigenvalue weighted by Crippen LogP contribution is -2.44. The van der Waals surface area contributed by atoms with Gasteiger partial charge in [-0.25, -0.2) is 4.68 Å². The predicted molar refractivity (Wildman–Crippen MR) is 107 cm³/mol. The zero-order valence-corrected chi connectivity index (χ0v) is 15.5. The normalized spacial score (nSPS) is 14.0. The minimum absolute atomic E-state index is 0.0130. The van der Waals surface area contributed by atoms with E-state index in [0.717, 1.165) is 36.9 Å². The molecule has 0 aliphatic heterocycles. The fourth-order valence-corrected chi connectivity index (χ4v) is 3.54. The number of hydrazine groups is 1. The monoisotopic (exact) mass is 374 g/mol. The van der Waals surface area contributed by atoms with Crippen LogP contribution in [0.15, 0.2) is 66.9 Å². The van der Waals surface area contributed by atoms with Gasteiger partial charge in [0.05, 0.1) is 11.3 Å². The van der Waals surface area contributed by atoms with Crippen LogP contribution in [0.5, 0.6) is 0 Å². The molecule has 0 saturated heterocycles. The third-order valence-electron chi connectivity index (χ3n) is 5.05. The van der Waals surface area contributed by atoms with Crippen molar-refractivity contribution >= 4 is 11.8 Å². The molecule has 1 aromatic heterocycles. The summed E-state index contributed by atoms with van der Waals surface area (Å²) in [5.74, 6) is -0.518. The number of amides is 2. The van der Waals surface area contributed by atoms with Gasteiger partial charge in [-0.2, -0.15) is 5.10 Å². The maximum absolute atomic E-state index is 12.8. The SMILES string of the molecule is O=C(NNC(=O)C1CCCC1)c1cn(-c2ccccc2)nc1-c1ccccc1. The van der Waals surface area contributed by atoms with Crippen molar-refractivity contribution in [2.75, 3.05) is 0 Å². The molecule has 1 aliphatic rings. The number of aromatic nitrogens is 2. The number of hydrogen-bond acceptors (Lipinski definition) is 3. The predicted octanol–water partition coefficient (Wildman–Crippen LogP) is 3.49. The first-order valence-electron chi connectivity index (χ1n) is 9.53. The Morgan fingerprint density at radius 3 is 2.21 bits per heavy atom. The fraction of sp³-hybridized carbons (Fsp3) is 0.227. The van der Waals surface area contributed by atoms with E-state index in [1.165, 1.54) is 0 Å². The first kappa shape index (κ1) is 18.0. The van der Waals surface area contributed by atoms with Gasteiger partial charge in [0, 0.05) is 17.7 Å². The molecule has 3 aromatic rings. The molecule has 1 aliphatic carbocycles. The Morgan fingerprint density at radius 1 is 0.893 bits per heavy atom. The molecule has 6 heteroatoms. The molecule has 1 fully saturated rings. The summed E-state index contributed by atoms with van der Waals surface area (Å²) in [7, 11) is 0. The molecule has 2 aromatic carbocycles. The first-order valence-corrected chi connectivity index (χ1v) is 9.53. The van der Waals surface area contributed by atoms with Gasteiger partial charge in [0.25, 0.3) is 5.91 Å². The van der Waals surface area contributed by atoms with Crippen molar-refractivity contribution in [1.29, 1.82) is 0 Å². The number of nitrogens with one attached hydrogen (secondary N) is 2. The van der Waals surface area contributed by atoms with Crippen LogP contribution in [0.4, 0.5) is 0 Å². The minimum atomic E-state index is -0.382. The van der Waals surface area contributed by atoms with Crippen LogP contribution in [0, 0.1) is 5.92 Å². The van der Waals surface area contributed by atoms with Crippen molar-refractivity contribution in [2.45, 2.75) is 25.7 Å². The zero-order chi connectivity index (χ0) is 19.3. The molecule has 0 radical (unpaired) electrons. The molecule has 6 nitrogen and oxygen atoms in total. The average Bonchev–Trinajstić information content (AvgIpc) is 3.43.